The normalized spacial score (nSPS) is 22.7. The van der Waals surface area contributed by atoms with Gasteiger partial charge in [0.25, 0.3) is 5.91 Å². The minimum absolute atomic E-state index is 0.155. The first-order valence-corrected chi connectivity index (χ1v) is 10.9. The topological polar surface area (TPSA) is 59.5 Å². The first-order chi connectivity index (χ1) is 15.0. The minimum atomic E-state index is -0.490. The predicted molar refractivity (Wildman–Crippen MR) is 120 cm³/mol. The Morgan fingerprint density at radius 2 is 1.77 bits per heavy atom. The SMILES string of the molecule is CN1C(=O)N(CCCc2ccccc2)C(=O)C2C1N=C1N(c3ccc(Cl)cc3)CCN12. The van der Waals surface area contributed by atoms with Crippen molar-refractivity contribution in [3.8, 4) is 0 Å². The second-order valence-corrected chi connectivity index (χ2v) is 8.52. The molecule has 0 bridgehead atoms. The monoisotopic (exact) mass is 437 g/mol. The Morgan fingerprint density at radius 1 is 1.03 bits per heavy atom. The molecule has 0 saturated carbocycles. The number of aliphatic imine (C=N–C) groups is 1. The molecule has 160 valence electrons. The van der Waals surface area contributed by atoms with E-state index in [1.807, 2.05) is 47.4 Å². The molecule has 3 aliphatic rings. The van der Waals surface area contributed by atoms with Crippen LogP contribution < -0.4 is 4.90 Å². The van der Waals surface area contributed by atoms with Gasteiger partial charge < -0.3 is 14.7 Å². The molecule has 2 saturated heterocycles. The van der Waals surface area contributed by atoms with Crippen LogP contribution in [0, 0.1) is 0 Å². The molecule has 31 heavy (non-hydrogen) atoms. The average molecular weight is 438 g/mol. The van der Waals surface area contributed by atoms with E-state index in [1.54, 1.807) is 11.9 Å². The molecule has 0 N–H and O–H groups in total. The zero-order valence-corrected chi connectivity index (χ0v) is 18.1. The van der Waals surface area contributed by atoms with Crippen molar-refractivity contribution >= 4 is 35.2 Å². The van der Waals surface area contributed by atoms with Crippen LogP contribution in [-0.2, 0) is 11.2 Å². The van der Waals surface area contributed by atoms with Crippen LogP contribution in [0.3, 0.4) is 0 Å². The number of urea groups is 1. The summed E-state index contributed by atoms with van der Waals surface area (Å²) in [5.41, 5.74) is 2.18. The van der Waals surface area contributed by atoms with E-state index >= 15 is 0 Å². The van der Waals surface area contributed by atoms with Gasteiger partial charge >= 0.3 is 6.03 Å². The molecule has 2 aromatic carbocycles. The van der Waals surface area contributed by atoms with E-state index in [-0.39, 0.29) is 11.9 Å². The zero-order valence-electron chi connectivity index (χ0n) is 17.3. The number of anilines is 1. The number of imide groups is 1. The number of aryl methyl sites for hydroxylation is 1. The number of nitrogens with zero attached hydrogens (tertiary/aromatic N) is 5. The molecule has 3 aliphatic heterocycles. The molecular formula is C23H24ClN5O2. The second kappa shape index (κ2) is 7.89. The summed E-state index contributed by atoms with van der Waals surface area (Å²) in [6.07, 6.45) is 1.07. The molecule has 2 fully saturated rings. The van der Waals surface area contributed by atoms with E-state index in [4.69, 9.17) is 16.6 Å². The van der Waals surface area contributed by atoms with Gasteiger partial charge in [-0.1, -0.05) is 41.9 Å². The van der Waals surface area contributed by atoms with Crippen LogP contribution in [0.5, 0.6) is 0 Å². The summed E-state index contributed by atoms with van der Waals surface area (Å²) < 4.78 is 0. The average Bonchev–Trinajstić information content (AvgIpc) is 3.35. The Morgan fingerprint density at radius 3 is 2.52 bits per heavy atom. The first-order valence-electron chi connectivity index (χ1n) is 10.5. The van der Waals surface area contributed by atoms with Crippen LogP contribution in [0.15, 0.2) is 59.6 Å². The quantitative estimate of drug-likeness (QED) is 0.721. The number of carbonyl (C=O) groups is 2. The molecule has 3 amide bonds. The minimum Gasteiger partial charge on any atom is -0.325 e. The largest absolute Gasteiger partial charge is 0.328 e. The molecule has 0 aliphatic carbocycles. The third-order valence-corrected chi connectivity index (χ3v) is 6.46. The smallest absolute Gasteiger partial charge is 0.325 e. The van der Waals surface area contributed by atoms with E-state index in [2.05, 4.69) is 17.0 Å². The van der Waals surface area contributed by atoms with Crippen molar-refractivity contribution in [1.82, 2.24) is 14.7 Å². The predicted octanol–water partition coefficient (Wildman–Crippen LogP) is 3.05. The highest BCUT2D eigenvalue weighted by atomic mass is 35.5. The Balaban J connectivity index is 1.33. The van der Waals surface area contributed by atoms with Gasteiger partial charge in [-0.3, -0.25) is 9.69 Å². The lowest BCUT2D eigenvalue weighted by Gasteiger charge is -2.40. The van der Waals surface area contributed by atoms with E-state index in [0.717, 1.165) is 31.0 Å². The number of fused-ring (bicyclic) bond motifs is 3. The lowest BCUT2D eigenvalue weighted by molar-refractivity contribution is -0.137. The van der Waals surface area contributed by atoms with Gasteiger partial charge in [0.05, 0.1) is 0 Å². The van der Waals surface area contributed by atoms with Crippen molar-refractivity contribution < 1.29 is 9.59 Å². The van der Waals surface area contributed by atoms with Crippen molar-refractivity contribution in [3.63, 3.8) is 0 Å². The molecule has 0 spiro atoms. The summed E-state index contributed by atoms with van der Waals surface area (Å²) in [5, 5.41) is 0.675. The first kappa shape index (κ1) is 19.9. The Bertz CT molecular complexity index is 1030. The molecule has 7 nitrogen and oxygen atoms in total. The highest BCUT2D eigenvalue weighted by molar-refractivity contribution is 6.30. The maximum Gasteiger partial charge on any atom is 0.328 e. The van der Waals surface area contributed by atoms with Gasteiger partial charge in [-0.25, -0.2) is 9.79 Å². The van der Waals surface area contributed by atoms with Crippen molar-refractivity contribution in [2.75, 3.05) is 31.6 Å². The van der Waals surface area contributed by atoms with E-state index in [0.29, 0.717) is 18.1 Å². The van der Waals surface area contributed by atoms with Gasteiger partial charge in [0, 0.05) is 37.4 Å². The summed E-state index contributed by atoms with van der Waals surface area (Å²) in [6.45, 7) is 1.83. The summed E-state index contributed by atoms with van der Waals surface area (Å²) in [4.78, 5) is 38.2. The van der Waals surface area contributed by atoms with Crippen LogP contribution in [0.25, 0.3) is 0 Å². The van der Waals surface area contributed by atoms with Crippen LogP contribution in [0.2, 0.25) is 5.02 Å². The molecule has 0 radical (unpaired) electrons. The van der Waals surface area contributed by atoms with Crippen molar-refractivity contribution in [1.29, 1.82) is 0 Å². The van der Waals surface area contributed by atoms with Gasteiger partial charge in [0.15, 0.2) is 12.2 Å². The number of halogens is 1. The highest BCUT2D eigenvalue weighted by Crippen LogP contribution is 2.33. The molecule has 8 heteroatoms. The fraction of sp³-hybridized carbons (Fsp3) is 0.348. The van der Waals surface area contributed by atoms with Gasteiger partial charge in [0.2, 0.25) is 5.96 Å². The van der Waals surface area contributed by atoms with Gasteiger partial charge in [0.1, 0.15) is 0 Å². The van der Waals surface area contributed by atoms with E-state index in [1.165, 1.54) is 10.5 Å². The number of carbonyl (C=O) groups excluding carboxylic acids is 2. The standard InChI is InChI=1S/C23H24ClN5O2/c1-26-20-19(21(30)29(23(26)31)13-5-8-16-6-3-2-4-7-16)28-15-14-27(22(28)25-20)18-11-9-17(24)10-12-18/h2-4,6-7,9-12,19-20H,5,8,13-15H2,1H3. The lowest BCUT2D eigenvalue weighted by Crippen LogP contribution is -2.64. The lowest BCUT2D eigenvalue weighted by atomic mass is 10.1. The van der Waals surface area contributed by atoms with Crippen molar-refractivity contribution in [3.05, 3.63) is 65.2 Å². The molecule has 2 atom stereocenters. The van der Waals surface area contributed by atoms with Gasteiger partial charge in [-0.15, -0.1) is 0 Å². The van der Waals surface area contributed by atoms with Crippen LogP contribution in [-0.4, -0.2) is 71.5 Å². The van der Waals surface area contributed by atoms with Crippen LogP contribution in [0.4, 0.5) is 10.5 Å². The summed E-state index contributed by atoms with van der Waals surface area (Å²) in [6, 6.07) is 17.0. The van der Waals surface area contributed by atoms with Crippen LogP contribution >= 0.6 is 11.6 Å². The molecule has 3 heterocycles. The number of hydrogen-bond donors (Lipinski definition) is 0. The highest BCUT2D eigenvalue weighted by Gasteiger charge is 2.54. The molecular weight excluding hydrogens is 414 g/mol. The number of rotatable bonds is 5. The molecule has 0 aromatic heterocycles. The third kappa shape index (κ3) is 3.43. The number of amides is 3. The van der Waals surface area contributed by atoms with Crippen molar-refractivity contribution in [2.45, 2.75) is 25.0 Å². The molecule has 2 unspecified atom stereocenters. The maximum absolute atomic E-state index is 13.4. The Hall–Kier alpha value is -3.06. The summed E-state index contributed by atoms with van der Waals surface area (Å²) in [7, 11) is 1.73. The van der Waals surface area contributed by atoms with E-state index in [9.17, 15) is 9.59 Å². The molecule has 2 aromatic rings. The number of hydrogen-bond acceptors (Lipinski definition) is 5. The maximum atomic E-state index is 13.4. The summed E-state index contributed by atoms with van der Waals surface area (Å²) in [5.74, 6) is 0.592. The van der Waals surface area contributed by atoms with Crippen molar-refractivity contribution in [2.24, 2.45) is 4.99 Å². The fourth-order valence-electron chi connectivity index (χ4n) is 4.59. The molecule has 5 rings (SSSR count). The second-order valence-electron chi connectivity index (χ2n) is 8.08. The van der Waals surface area contributed by atoms with Gasteiger partial charge in [-0.05, 0) is 42.7 Å². The Labute approximate surface area is 186 Å². The zero-order chi connectivity index (χ0) is 21.5. The number of benzene rings is 2. The summed E-state index contributed by atoms with van der Waals surface area (Å²) >= 11 is 6.03. The third-order valence-electron chi connectivity index (χ3n) is 6.21. The number of guanidine groups is 1. The van der Waals surface area contributed by atoms with E-state index < -0.39 is 12.2 Å². The number of likely N-dealkylation sites (N-methyl/N-ethyl adjacent to an activating group) is 1. The fourth-order valence-corrected chi connectivity index (χ4v) is 4.72. The van der Waals surface area contributed by atoms with Gasteiger partial charge in [-0.2, -0.15) is 0 Å². The van der Waals surface area contributed by atoms with Crippen LogP contribution in [0.1, 0.15) is 12.0 Å². The Kier molecular flexibility index (Phi) is 5.06.